The van der Waals surface area contributed by atoms with Crippen LogP contribution in [0.15, 0.2) is 70.8 Å². The standard InChI is InChI=1S/C20H33N4O3PS.C19H31N4O3PS.C18H29N4O3PS.2C15H24N5O3P/c1-5-6-7-12-29-20-23-15-13(21)8-10-22-18(15)24(20)19-17(26)16(25)14(27-19)9-11-28(2,3)4;1-5-6-11-28-19-22-14-12(20)7-9-21-17(14)23(19)18-16(25)15(24)13(26-18)8-10-27(2,3)4;1-5-10-27-18-21-13-11(19)6-8-20-16(13)22(18)17-15(24)14(23)12(25-17)7-9-26(2,3)4;1-8-18-13(16)10-14(19-8)20(7-17-10)15-12(22)11(21)9(23-15)5-6-24(2,3)4;1-24(2,3)7-5-9-11(21)12(22)14(23-9)20-13-10(19-15(20)17)8(16)4-6-18-13/h8,10,14,16-17,19,25-26H,2,5-7,9,11-12H2,1,3-4H3,(H2,21,22);7,9,13,15-16,18,24-25H,2,5-6,8,10-11H2,1,3-4H3,(H2,20,21);6,8,12,14-15,17,23-24H,2,5,7,9-10H2,1,3-4H3,(H2,19,20);7,9,11-12,15,21-22H,2,5-6H2,1,3-4H3,(H2,16,18,19);4,6,9,11-12,14,21-22H,1,5,7H2,2-3H3,(H2,16,18)(H2,17,19)/t14-,16-,17-,19?;13-,15-,16-,18?;12-,14-,15-,17?;9-,11-,12-,15?;9-,11-,12-,14?/m11111/s1. The fourth-order valence-electron chi connectivity index (χ4n) is 15.8. The highest BCUT2D eigenvalue weighted by molar-refractivity contribution is 7.99. The Kier molecular flexibility index (Phi) is 36.3. The number of aliphatic hydroxyl groups is 10. The van der Waals surface area contributed by atoms with E-state index in [1.165, 1.54) is 10.9 Å². The third-order valence-corrected chi connectivity index (χ3v) is 33.7. The molecular formula is C87H141N22O15P5S3. The molecule has 0 radical (unpaired) electrons. The lowest BCUT2D eigenvalue weighted by Crippen LogP contribution is -2.32. The first kappa shape index (κ1) is 106. The lowest BCUT2D eigenvalue weighted by molar-refractivity contribution is -0.0400. The molecule has 0 bridgehead atoms. The largest absolute Gasteiger partial charge is 0.397 e. The second-order valence-corrected chi connectivity index (χ2v) is 62.8. The van der Waals surface area contributed by atoms with Crippen molar-refractivity contribution in [1.29, 1.82) is 0 Å². The number of nitrogen functional groups attached to an aromatic ring is 6. The van der Waals surface area contributed by atoms with E-state index in [0.29, 0.717) is 132 Å². The molecule has 5 fully saturated rings. The Morgan fingerprint density at radius 2 is 0.621 bits per heavy atom. The molecule has 22 N–H and O–H groups in total. The summed E-state index contributed by atoms with van der Waals surface area (Å²) in [5.41, 5.74) is 43.4. The Morgan fingerprint density at radius 3 is 0.939 bits per heavy atom. The number of fused-ring (bicyclic) bond motifs is 5. The van der Waals surface area contributed by atoms with Gasteiger partial charge in [-0.3, -0.25) is 22.8 Å². The van der Waals surface area contributed by atoms with Crippen LogP contribution in [0.2, 0.25) is 0 Å². The predicted molar refractivity (Wildman–Crippen MR) is 550 cm³/mol. The van der Waals surface area contributed by atoms with E-state index in [0.717, 1.165) is 86.6 Å². The molecule has 45 heteroatoms. The highest BCUT2D eigenvalue weighted by Gasteiger charge is 2.50. The van der Waals surface area contributed by atoms with Crippen molar-refractivity contribution in [2.45, 2.75) is 236 Å². The van der Waals surface area contributed by atoms with Gasteiger partial charge in [-0.1, -0.05) is 75.3 Å². The number of rotatable bonds is 32. The molecule has 0 aromatic carbocycles. The number of pyridine rings is 4. The van der Waals surface area contributed by atoms with E-state index in [1.54, 1.807) is 110 Å². The van der Waals surface area contributed by atoms with Gasteiger partial charge in [0.1, 0.15) is 94.4 Å². The van der Waals surface area contributed by atoms with Gasteiger partial charge < -0.3 is 109 Å². The summed E-state index contributed by atoms with van der Waals surface area (Å²) in [5.74, 6) is 3.61. The van der Waals surface area contributed by atoms with Gasteiger partial charge in [-0.25, -0.2) is 54.8 Å². The van der Waals surface area contributed by atoms with E-state index in [-0.39, 0.29) is 11.8 Å². The summed E-state index contributed by atoms with van der Waals surface area (Å²) in [6, 6.07) is 6.76. The van der Waals surface area contributed by atoms with Crippen LogP contribution in [0.4, 0.5) is 34.5 Å². The second-order valence-electron chi connectivity index (χ2n) is 38.0. The predicted octanol–water partition coefficient (Wildman–Crippen LogP) is 8.62. The molecule has 0 spiro atoms. The molecule has 5 aliphatic rings. The van der Waals surface area contributed by atoms with Gasteiger partial charge in [0, 0.05) is 42.0 Å². The van der Waals surface area contributed by atoms with Crippen molar-refractivity contribution in [3.05, 3.63) is 61.2 Å². The van der Waals surface area contributed by atoms with Gasteiger partial charge in [0.2, 0.25) is 5.95 Å². The normalized spacial score (nSPS) is 26.4. The summed E-state index contributed by atoms with van der Waals surface area (Å²) in [7, 11) is 0. The van der Waals surface area contributed by atoms with Crippen molar-refractivity contribution in [2.24, 2.45) is 0 Å². The Balaban J connectivity index is 0.000000159. The Morgan fingerprint density at radius 1 is 0.333 bits per heavy atom. The van der Waals surface area contributed by atoms with Gasteiger partial charge in [-0.2, -0.15) is 0 Å². The maximum Gasteiger partial charge on any atom is 0.204 e. The van der Waals surface area contributed by atoms with Crippen molar-refractivity contribution in [1.82, 2.24) is 77.7 Å². The van der Waals surface area contributed by atoms with Gasteiger partial charge >= 0.3 is 0 Å². The fourth-order valence-corrected chi connectivity index (χ4v) is 23.6. The van der Waals surface area contributed by atoms with E-state index in [2.05, 4.69) is 174 Å². The average molecular weight is 1990 g/mol. The van der Waals surface area contributed by atoms with E-state index in [4.69, 9.17) is 58.1 Å². The van der Waals surface area contributed by atoms with Crippen molar-refractivity contribution in [3.8, 4) is 0 Å². The SMILES string of the molecule is C=P(C)(C)CC[C@H]1OC(n2c(N)nc3c(N)ccnc32)[C@H](O)[C@@H]1O.C=P(C)(C)CC[C@H]1OC(n2c(SCCC)nc3c(N)ccnc32)[C@H](O)[C@@H]1O.C=P(C)(C)CC[C@H]1OC(n2c(SCCCC)nc3c(N)ccnc32)[C@H](O)[C@@H]1O.C=P(C)(C)CC[C@H]1OC(n2c(SCCCCC)nc3c(N)ccnc32)[C@H](O)[C@@H]1O.C=P(C)(C)CC[C@H]1OC(n2cnc3c(N)nc(C)nc32)[C@H](O)[C@@H]1O. The third-order valence-electron chi connectivity index (χ3n) is 23.1. The van der Waals surface area contributed by atoms with Crippen LogP contribution in [0.25, 0.3) is 55.8 Å². The Hall–Kier alpha value is -6.22. The number of thioether (sulfide) groups is 3. The molecule has 15 heterocycles. The molecule has 5 unspecified atom stereocenters. The molecule has 15 rings (SSSR count). The minimum atomic E-state index is -1.25. The number of nitrogens with two attached hydrogens (primary N) is 6. The van der Waals surface area contributed by atoms with Crippen LogP contribution < -0.4 is 34.4 Å². The van der Waals surface area contributed by atoms with Crippen molar-refractivity contribution < 1.29 is 74.7 Å². The summed E-state index contributed by atoms with van der Waals surface area (Å²) in [5, 5.41) is 108. The van der Waals surface area contributed by atoms with Crippen molar-refractivity contribution >= 4 is 192 Å². The quantitative estimate of drug-likeness (QED) is 0.0106. The number of aliphatic hydroxyl groups excluding tert-OH is 10. The van der Waals surface area contributed by atoms with Gasteiger partial charge in [0.15, 0.2) is 80.7 Å². The molecule has 732 valence electrons. The van der Waals surface area contributed by atoms with Crippen LogP contribution in [-0.2, 0) is 23.7 Å². The highest BCUT2D eigenvalue weighted by atomic mass is 32.2. The first-order chi connectivity index (χ1) is 62.0. The van der Waals surface area contributed by atoms with Crippen LogP contribution in [0.5, 0.6) is 0 Å². The first-order valence-corrected chi connectivity index (χ1v) is 62.8. The smallest absolute Gasteiger partial charge is 0.204 e. The number of aromatic nitrogens is 16. The van der Waals surface area contributed by atoms with Crippen molar-refractivity contribution in [2.75, 3.05) is 149 Å². The molecule has 37 nitrogen and oxygen atoms in total. The lowest BCUT2D eigenvalue weighted by atomic mass is 10.1. The minimum Gasteiger partial charge on any atom is -0.397 e. The molecule has 0 aliphatic carbocycles. The van der Waals surface area contributed by atoms with Crippen LogP contribution >= 0.6 is 69.7 Å². The van der Waals surface area contributed by atoms with Crippen LogP contribution in [0, 0.1) is 6.92 Å². The number of nitrogens with zero attached hydrogens (tertiary/aromatic N) is 16. The second kappa shape index (κ2) is 45.1. The molecular weight excluding hydrogens is 1840 g/mol. The monoisotopic (exact) mass is 1980 g/mol. The summed E-state index contributed by atoms with van der Waals surface area (Å²) in [6.07, 6.45) is 26.9. The van der Waals surface area contributed by atoms with E-state index in [9.17, 15) is 51.1 Å². The maximum atomic E-state index is 10.8. The molecule has 10 aromatic rings. The number of imidazole rings is 5. The maximum absolute atomic E-state index is 10.8. The number of aryl methyl sites for hydroxylation is 1. The van der Waals surface area contributed by atoms with Gasteiger partial charge in [0.25, 0.3) is 0 Å². The zero-order chi connectivity index (χ0) is 96.7. The Bertz CT molecular complexity index is 5820. The summed E-state index contributed by atoms with van der Waals surface area (Å²) in [4.78, 5) is 48.3. The van der Waals surface area contributed by atoms with Crippen LogP contribution in [0.1, 0.15) is 128 Å². The fraction of sp³-hybridized carbons (Fsp3) is 0.609. The molecule has 5 saturated heterocycles. The number of unbranched alkanes of at least 4 members (excludes halogenated alkanes) is 3. The molecule has 10 aromatic heterocycles. The Labute approximate surface area is 785 Å². The number of hydrogen-bond acceptors (Lipinski definition) is 35. The third kappa shape index (κ3) is 26.0. The van der Waals surface area contributed by atoms with Crippen LogP contribution in [0.3, 0.4) is 0 Å². The average Bonchev–Trinajstić information content (AvgIpc) is 1.63. The zero-order valence-corrected chi connectivity index (χ0v) is 85.2. The van der Waals surface area contributed by atoms with E-state index >= 15 is 0 Å². The van der Waals surface area contributed by atoms with Crippen LogP contribution in [-0.4, -0.2) is 366 Å². The number of ether oxygens (including phenoxy) is 5. The van der Waals surface area contributed by atoms with E-state index < -0.39 is 157 Å². The van der Waals surface area contributed by atoms with Gasteiger partial charge in [-0.15, -0.1) is 65.9 Å². The molecule has 5 aliphatic heterocycles. The van der Waals surface area contributed by atoms with Crippen molar-refractivity contribution in [3.63, 3.8) is 0 Å². The van der Waals surface area contributed by atoms with Gasteiger partial charge in [-0.05, 0) is 180 Å². The molecule has 132 heavy (non-hydrogen) atoms. The summed E-state index contributed by atoms with van der Waals surface area (Å²) in [6.45, 7) is 23.4. The first-order valence-electron chi connectivity index (χ1n) is 44.6. The van der Waals surface area contributed by atoms with Gasteiger partial charge in [0.05, 0.1) is 59.6 Å². The highest BCUT2D eigenvalue weighted by Crippen LogP contribution is 2.48. The topological polar surface area (TPSA) is 571 Å². The molecule has 0 saturated carbocycles. The lowest BCUT2D eigenvalue weighted by Gasteiger charge is -2.20. The zero-order valence-electron chi connectivity index (χ0n) is 78.3. The summed E-state index contributed by atoms with van der Waals surface area (Å²) < 4.78 is 38.7. The molecule has 20 atom stereocenters. The van der Waals surface area contributed by atoms with E-state index in [1.807, 2.05) is 0 Å². The molecule has 0 amide bonds. The number of anilines is 6. The summed E-state index contributed by atoms with van der Waals surface area (Å²) >= 11 is 4.77. The number of hydrogen-bond donors (Lipinski definition) is 16. The minimum absolute atomic E-state index is 0.136.